The highest BCUT2D eigenvalue weighted by molar-refractivity contribution is 9.10. The number of aromatic amines is 1. The molecule has 0 aliphatic carbocycles. The molecule has 116 valence electrons. The Morgan fingerprint density at radius 2 is 1.96 bits per heavy atom. The standard InChI is InChI=1S/C17H11BrClNO3/c18-10-3-1-2-9(6-10)17(23)16-13(8-15(21)22)12-5-4-11(19)7-14(12)20-16/h1-7,20H,8H2,(H,21,22)/p-1. The summed E-state index contributed by atoms with van der Waals surface area (Å²) in [6.45, 7) is 0. The molecule has 3 rings (SSSR count). The van der Waals surface area contributed by atoms with Crippen molar-refractivity contribution in [2.24, 2.45) is 0 Å². The summed E-state index contributed by atoms with van der Waals surface area (Å²) in [7, 11) is 0. The van der Waals surface area contributed by atoms with E-state index in [1.807, 2.05) is 6.07 Å². The maximum atomic E-state index is 12.8. The number of aliphatic carboxylic acids is 1. The molecule has 3 aromatic rings. The third-order valence-electron chi connectivity index (χ3n) is 3.50. The van der Waals surface area contributed by atoms with Gasteiger partial charge in [0.25, 0.3) is 0 Å². The van der Waals surface area contributed by atoms with Crippen LogP contribution in [0.25, 0.3) is 10.9 Å². The molecular weight excluding hydrogens is 382 g/mol. The van der Waals surface area contributed by atoms with E-state index in [4.69, 9.17) is 11.6 Å². The largest absolute Gasteiger partial charge is 0.550 e. The van der Waals surface area contributed by atoms with Gasteiger partial charge in [0.15, 0.2) is 0 Å². The Hall–Kier alpha value is -2.11. The van der Waals surface area contributed by atoms with Gasteiger partial charge in [-0.3, -0.25) is 4.79 Å². The van der Waals surface area contributed by atoms with E-state index in [9.17, 15) is 14.7 Å². The number of nitrogens with one attached hydrogen (secondary N) is 1. The number of carbonyl (C=O) groups is 2. The molecular formula is C17H10BrClNO3-. The highest BCUT2D eigenvalue weighted by atomic mass is 79.9. The fourth-order valence-corrected chi connectivity index (χ4v) is 3.09. The first-order valence-corrected chi connectivity index (χ1v) is 7.93. The highest BCUT2D eigenvalue weighted by Crippen LogP contribution is 2.28. The summed E-state index contributed by atoms with van der Waals surface area (Å²) in [5.41, 5.74) is 1.72. The van der Waals surface area contributed by atoms with Crippen molar-refractivity contribution in [2.45, 2.75) is 6.42 Å². The summed E-state index contributed by atoms with van der Waals surface area (Å²) in [5.74, 6) is -1.53. The Bertz CT molecular complexity index is 933. The van der Waals surface area contributed by atoms with Crippen molar-refractivity contribution in [3.05, 3.63) is 68.8 Å². The molecule has 1 aromatic heterocycles. The molecule has 0 amide bonds. The SMILES string of the molecule is O=C([O-])Cc1c(C(=O)c2cccc(Br)c2)[nH]c2cc(Cl)ccc12. The van der Waals surface area contributed by atoms with E-state index >= 15 is 0 Å². The van der Waals surface area contributed by atoms with Gasteiger partial charge in [-0.15, -0.1) is 0 Å². The molecule has 1 heterocycles. The molecule has 6 heteroatoms. The van der Waals surface area contributed by atoms with Crippen molar-refractivity contribution >= 4 is 50.2 Å². The lowest BCUT2D eigenvalue weighted by molar-refractivity contribution is -0.304. The van der Waals surface area contributed by atoms with Crippen LogP contribution in [0.2, 0.25) is 5.02 Å². The summed E-state index contributed by atoms with van der Waals surface area (Å²) in [6.07, 6.45) is -0.350. The zero-order valence-electron chi connectivity index (χ0n) is 11.7. The molecule has 4 nitrogen and oxygen atoms in total. The quantitative estimate of drug-likeness (QED) is 0.695. The summed E-state index contributed by atoms with van der Waals surface area (Å²) >= 11 is 9.29. The molecule has 0 unspecified atom stereocenters. The molecule has 0 fully saturated rings. The Morgan fingerprint density at radius 1 is 1.17 bits per heavy atom. The number of rotatable bonds is 4. The van der Waals surface area contributed by atoms with Crippen LogP contribution in [0.3, 0.4) is 0 Å². The zero-order chi connectivity index (χ0) is 16.6. The molecule has 1 N–H and O–H groups in total. The van der Waals surface area contributed by atoms with E-state index in [-0.39, 0.29) is 17.9 Å². The molecule has 0 radical (unpaired) electrons. The van der Waals surface area contributed by atoms with Crippen molar-refractivity contribution in [1.29, 1.82) is 0 Å². The maximum Gasteiger partial charge on any atom is 0.209 e. The van der Waals surface area contributed by atoms with Crippen LogP contribution in [-0.4, -0.2) is 16.7 Å². The summed E-state index contributed by atoms with van der Waals surface area (Å²) in [4.78, 5) is 26.8. The number of carboxylic acids is 1. The van der Waals surface area contributed by atoms with Gasteiger partial charge >= 0.3 is 0 Å². The molecule has 0 spiro atoms. The molecule has 0 aliphatic rings. The van der Waals surface area contributed by atoms with Crippen molar-refractivity contribution in [3.8, 4) is 0 Å². The number of ketones is 1. The van der Waals surface area contributed by atoms with Crippen LogP contribution >= 0.6 is 27.5 Å². The lowest BCUT2D eigenvalue weighted by atomic mass is 10.0. The smallest absolute Gasteiger partial charge is 0.209 e. The molecule has 23 heavy (non-hydrogen) atoms. The van der Waals surface area contributed by atoms with E-state index in [1.54, 1.807) is 36.4 Å². The molecule has 0 aliphatic heterocycles. The van der Waals surface area contributed by atoms with Crippen LogP contribution in [0.1, 0.15) is 21.6 Å². The van der Waals surface area contributed by atoms with Gasteiger partial charge in [-0.2, -0.15) is 0 Å². The van der Waals surface area contributed by atoms with Gasteiger partial charge in [-0.05, 0) is 29.8 Å². The second-order valence-corrected chi connectivity index (χ2v) is 6.41. The number of halogens is 2. The fraction of sp³-hybridized carbons (Fsp3) is 0.0588. The van der Waals surface area contributed by atoms with Gasteiger partial charge in [0.05, 0.1) is 5.69 Å². The van der Waals surface area contributed by atoms with Gasteiger partial charge < -0.3 is 14.9 Å². The van der Waals surface area contributed by atoms with Crippen LogP contribution in [0, 0.1) is 0 Å². The monoisotopic (exact) mass is 390 g/mol. The van der Waals surface area contributed by atoms with E-state index in [1.165, 1.54) is 0 Å². The number of carbonyl (C=O) groups excluding carboxylic acids is 2. The molecule has 0 saturated carbocycles. The predicted molar refractivity (Wildman–Crippen MR) is 89.6 cm³/mol. The first-order valence-electron chi connectivity index (χ1n) is 6.76. The normalized spacial score (nSPS) is 10.9. The molecule has 0 atom stereocenters. The molecule has 0 saturated heterocycles. The van der Waals surface area contributed by atoms with E-state index in [2.05, 4.69) is 20.9 Å². The first kappa shape index (κ1) is 15.8. The van der Waals surface area contributed by atoms with E-state index in [0.29, 0.717) is 27.1 Å². The predicted octanol–water partition coefficient (Wildman–Crippen LogP) is 3.11. The zero-order valence-corrected chi connectivity index (χ0v) is 14.1. The van der Waals surface area contributed by atoms with E-state index in [0.717, 1.165) is 4.47 Å². The molecule has 0 bridgehead atoms. The minimum Gasteiger partial charge on any atom is -0.550 e. The Balaban J connectivity index is 2.19. The Labute approximate surface area is 145 Å². The number of fused-ring (bicyclic) bond motifs is 1. The number of aromatic nitrogens is 1. The van der Waals surface area contributed by atoms with Gasteiger partial charge in [0, 0.05) is 38.4 Å². The average molecular weight is 392 g/mol. The van der Waals surface area contributed by atoms with Gasteiger partial charge in [0.1, 0.15) is 0 Å². The number of hydrogen-bond acceptors (Lipinski definition) is 3. The van der Waals surface area contributed by atoms with Crippen molar-refractivity contribution in [2.75, 3.05) is 0 Å². The second-order valence-electron chi connectivity index (χ2n) is 5.06. The third-order valence-corrected chi connectivity index (χ3v) is 4.23. The average Bonchev–Trinajstić information content (AvgIpc) is 2.83. The summed E-state index contributed by atoms with van der Waals surface area (Å²) in [6, 6.07) is 11.9. The third kappa shape index (κ3) is 3.16. The van der Waals surface area contributed by atoms with Crippen molar-refractivity contribution in [3.63, 3.8) is 0 Å². The van der Waals surface area contributed by atoms with Gasteiger partial charge in [-0.25, -0.2) is 0 Å². The summed E-state index contributed by atoms with van der Waals surface area (Å²) in [5, 5.41) is 12.2. The van der Waals surface area contributed by atoms with E-state index < -0.39 is 5.97 Å². The number of H-pyrrole nitrogens is 1. The van der Waals surface area contributed by atoms with Crippen molar-refractivity contribution in [1.82, 2.24) is 4.98 Å². The fourth-order valence-electron chi connectivity index (χ4n) is 2.52. The number of benzene rings is 2. The molecule has 2 aromatic carbocycles. The highest BCUT2D eigenvalue weighted by Gasteiger charge is 2.19. The minimum atomic E-state index is -1.25. The maximum absolute atomic E-state index is 12.8. The first-order chi connectivity index (χ1) is 11.0. The van der Waals surface area contributed by atoms with Crippen molar-refractivity contribution < 1.29 is 14.7 Å². The van der Waals surface area contributed by atoms with Crippen LogP contribution in [-0.2, 0) is 11.2 Å². The number of carboxylic acid groups (broad SMARTS) is 1. The van der Waals surface area contributed by atoms with Gasteiger partial charge in [0.2, 0.25) is 5.78 Å². The number of hydrogen-bond donors (Lipinski definition) is 1. The van der Waals surface area contributed by atoms with Crippen LogP contribution in [0.15, 0.2) is 46.9 Å². The Kier molecular flexibility index (Phi) is 4.24. The van der Waals surface area contributed by atoms with Crippen LogP contribution in [0.5, 0.6) is 0 Å². The van der Waals surface area contributed by atoms with Gasteiger partial charge in [-0.1, -0.05) is 45.7 Å². The lowest BCUT2D eigenvalue weighted by Gasteiger charge is -2.06. The lowest BCUT2D eigenvalue weighted by Crippen LogP contribution is -2.25. The summed E-state index contributed by atoms with van der Waals surface area (Å²) < 4.78 is 0.768. The second kappa shape index (κ2) is 6.18. The topological polar surface area (TPSA) is 73.0 Å². The Morgan fingerprint density at radius 3 is 2.65 bits per heavy atom. The van der Waals surface area contributed by atoms with Crippen LogP contribution in [0.4, 0.5) is 0 Å². The minimum absolute atomic E-state index is 0.240. The van der Waals surface area contributed by atoms with Crippen LogP contribution < -0.4 is 5.11 Å².